The van der Waals surface area contributed by atoms with Gasteiger partial charge >= 0.3 is 11.8 Å². The van der Waals surface area contributed by atoms with Crippen LogP contribution in [0.5, 0.6) is 5.75 Å². The number of amides is 2. The zero-order valence-corrected chi connectivity index (χ0v) is 17.8. The molecule has 0 saturated carbocycles. The first-order chi connectivity index (χ1) is 15.0. The molecule has 2 amide bonds. The minimum absolute atomic E-state index is 0.238. The molecule has 0 fully saturated rings. The van der Waals surface area contributed by atoms with E-state index in [1.54, 1.807) is 24.5 Å². The van der Waals surface area contributed by atoms with Crippen LogP contribution in [0.4, 0.5) is 0 Å². The molecule has 8 nitrogen and oxygen atoms in total. The van der Waals surface area contributed by atoms with Crippen LogP contribution in [0.1, 0.15) is 29.4 Å². The third-order valence-electron chi connectivity index (χ3n) is 4.65. The van der Waals surface area contributed by atoms with Crippen LogP contribution in [0.15, 0.2) is 60.0 Å². The lowest BCUT2D eigenvalue weighted by Gasteiger charge is -2.10. The highest BCUT2D eigenvalue weighted by molar-refractivity contribution is 6.35. The Morgan fingerprint density at radius 1 is 1.10 bits per heavy atom. The molecule has 2 heterocycles. The summed E-state index contributed by atoms with van der Waals surface area (Å²) in [5.74, 6) is -0.764. The molecule has 0 spiro atoms. The third kappa shape index (κ3) is 5.57. The molecule has 0 aliphatic rings. The lowest BCUT2D eigenvalue weighted by atomic mass is 10.2. The van der Waals surface area contributed by atoms with Crippen LogP contribution in [0.25, 0.3) is 5.69 Å². The average molecular weight is 419 g/mol. The molecule has 0 aliphatic heterocycles. The van der Waals surface area contributed by atoms with Crippen molar-refractivity contribution in [2.24, 2.45) is 5.10 Å². The minimum atomic E-state index is -0.828. The number of carbonyl (C=O) groups is 2. The van der Waals surface area contributed by atoms with Gasteiger partial charge in [0.25, 0.3) is 0 Å². The van der Waals surface area contributed by atoms with Gasteiger partial charge in [0.05, 0.1) is 12.8 Å². The highest BCUT2D eigenvalue weighted by Gasteiger charge is 2.13. The Morgan fingerprint density at radius 3 is 2.48 bits per heavy atom. The number of pyridine rings is 1. The molecule has 1 aromatic carbocycles. The number of benzene rings is 1. The molecule has 2 aromatic heterocycles. The van der Waals surface area contributed by atoms with Gasteiger partial charge in [-0.1, -0.05) is 0 Å². The molecule has 0 aliphatic carbocycles. The SMILES string of the molecule is CCOc1ccc(-n2c(C)cc(/C=N\NC(=O)C(=O)NCc3ccncc3)c2C)cc1. The summed E-state index contributed by atoms with van der Waals surface area (Å²) in [5, 5.41) is 6.48. The summed E-state index contributed by atoms with van der Waals surface area (Å²) in [5.41, 5.74) is 6.93. The first-order valence-electron chi connectivity index (χ1n) is 9.92. The maximum absolute atomic E-state index is 12.0. The van der Waals surface area contributed by atoms with Crippen molar-refractivity contribution in [1.29, 1.82) is 0 Å². The maximum atomic E-state index is 12.0. The van der Waals surface area contributed by atoms with E-state index in [9.17, 15) is 9.59 Å². The smallest absolute Gasteiger partial charge is 0.329 e. The van der Waals surface area contributed by atoms with Crippen molar-refractivity contribution in [3.63, 3.8) is 0 Å². The van der Waals surface area contributed by atoms with Crippen molar-refractivity contribution in [1.82, 2.24) is 20.3 Å². The molecule has 3 aromatic rings. The zero-order chi connectivity index (χ0) is 22.2. The first-order valence-corrected chi connectivity index (χ1v) is 9.92. The summed E-state index contributed by atoms with van der Waals surface area (Å²) in [6.45, 7) is 6.76. The summed E-state index contributed by atoms with van der Waals surface area (Å²) >= 11 is 0. The molecular weight excluding hydrogens is 394 g/mol. The topological polar surface area (TPSA) is 97.6 Å². The number of hydrogen-bond donors (Lipinski definition) is 2. The first kappa shape index (κ1) is 21.8. The molecule has 31 heavy (non-hydrogen) atoms. The van der Waals surface area contributed by atoms with Gasteiger partial charge < -0.3 is 14.6 Å². The van der Waals surface area contributed by atoms with Crippen molar-refractivity contribution < 1.29 is 14.3 Å². The average Bonchev–Trinajstić information content (AvgIpc) is 3.06. The van der Waals surface area contributed by atoms with E-state index in [-0.39, 0.29) is 6.54 Å². The van der Waals surface area contributed by atoms with Crippen molar-refractivity contribution >= 4 is 18.0 Å². The number of nitrogens with zero attached hydrogens (tertiary/aromatic N) is 3. The molecule has 8 heteroatoms. The fourth-order valence-electron chi connectivity index (χ4n) is 3.15. The van der Waals surface area contributed by atoms with Crippen LogP contribution in [0.2, 0.25) is 0 Å². The second-order valence-electron chi connectivity index (χ2n) is 6.83. The van der Waals surface area contributed by atoms with Crippen molar-refractivity contribution in [3.05, 3.63) is 77.4 Å². The summed E-state index contributed by atoms with van der Waals surface area (Å²) < 4.78 is 7.58. The normalized spacial score (nSPS) is 10.8. The van der Waals surface area contributed by atoms with E-state index >= 15 is 0 Å². The van der Waals surface area contributed by atoms with Crippen molar-refractivity contribution in [2.45, 2.75) is 27.3 Å². The van der Waals surface area contributed by atoms with Crippen LogP contribution in [-0.4, -0.2) is 34.2 Å². The Morgan fingerprint density at radius 2 is 1.81 bits per heavy atom. The number of nitrogens with one attached hydrogen (secondary N) is 2. The predicted molar refractivity (Wildman–Crippen MR) is 118 cm³/mol. The Bertz CT molecular complexity index is 1070. The van der Waals surface area contributed by atoms with E-state index in [1.165, 1.54) is 6.21 Å². The number of hydrazone groups is 1. The molecule has 0 atom stereocenters. The molecule has 3 rings (SSSR count). The molecular formula is C23H25N5O3. The lowest BCUT2D eigenvalue weighted by Crippen LogP contribution is -2.37. The minimum Gasteiger partial charge on any atom is -0.494 e. The largest absolute Gasteiger partial charge is 0.494 e. The summed E-state index contributed by atoms with van der Waals surface area (Å²) in [7, 11) is 0. The molecule has 0 saturated heterocycles. The van der Waals surface area contributed by atoms with E-state index < -0.39 is 11.8 Å². The Kier molecular flexibility index (Phi) is 7.16. The Labute approximate surface area is 181 Å². The lowest BCUT2D eigenvalue weighted by molar-refractivity contribution is -0.139. The quantitative estimate of drug-likeness (QED) is 0.349. The number of hydrogen-bond acceptors (Lipinski definition) is 5. The van der Waals surface area contributed by atoms with Gasteiger partial charge in [0.15, 0.2) is 0 Å². The molecule has 2 N–H and O–H groups in total. The Balaban J connectivity index is 1.61. The van der Waals surface area contributed by atoms with Crippen molar-refractivity contribution in [3.8, 4) is 11.4 Å². The number of aromatic nitrogens is 2. The third-order valence-corrected chi connectivity index (χ3v) is 4.65. The second kappa shape index (κ2) is 10.2. The van der Waals surface area contributed by atoms with Crippen LogP contribution >= 0.6 is 0 Å². The molecule has 0 bridgehead atoms. The molecule has 160 valence electrons. The van der Waals surface area contributed by atoms with E-state index in [2.05, 4.69) is 25.4 Å². The fourth-order valence-corrected chi connectivity index (χ4v) is 3.15. The number of aryl methyl sites for hydroxylation is 1. The van der Waals surface area contributed by atoms with E-state index in [4.69, 9.17) is 4.74 Å². The van der Waals surface area contributed by atoms with Crippen LogP contribution < -0.4 is 15.5 Å². The van der Waals surface area contributed by atoms with Crippen LogP contribution in [0, 0.1) is 13.8 Å². The summed E-state index contributed by atoms with van der Waals surface area (Å²) in [4.78, 5) is 27.8. The van der Waals surface area contributed by atoms with E-state index in [0.717, 1.165) is 34.0 Å². The van der Waals surface area contributed by atoms with Gasteiger partial charge in [-0.3, -0.25) is 14.6 Å². The zero-order valence-electron chi connectivity index (χ0n) is 17.8. The Hall–Kier alpha value is -3.94. The molecule has 0 unspecified atom stereocenters. The van der Waals surface area contributed by atoms with Crippen LogP contribution in [0.3, 0.4) is 0 Å². The van der Waals surface area contributed by atoms with Crippen molar-refractivity contribution in [2.75, 3.05) is 6.61 Å². The van der Waals surface area contributed by atoms with E-state index in [0.29, 0.717) is 6.61 Å². The highest BCUT2D eigenvalue weighted by Crippen LogP contribution is 2.22. The number of ether oxygens (including phenoxy) is 1. The van der Waals surface area contributed by atoms with Gasteiger partial charge in [-0.2, -0.15) is 5.10 Å². The standard InChI is InChI=1S/C23H25N5O3/c1-4-31-21-7-5-20(6-8-21)28-16(2)13-19(17(28)3)15-26-27-23(30)22(29)25-14-18-9-11-24-12-10-18/h5-13,15H,4,14H2,1-3H3,(H,25,29)(H,27,30)/b26-15-. The highest BCUT2D eigenvalue weighted by atomic mass is 16.5. The monoisotopic (exact) mass is 419 g/mol. The predicted octanol–water partition coefficient (Wildman–Crippen LogP) is 2.65. The van der Waals surface area contributed by atoms with Gasteiger partial charge in [-0.25, -0.2) is 5.43 Å². The van der Waals surface area contributed by atoms with Gasteiger partial charge in [0.1, 0.15) is 5.75 Å². The summed E-state index contributed by atoms with van der Waals surface area (Å²) in [6.07, 6.45) is 4.77. The van der Waals surface area contributed by atoms with Gasteiger partial charge in [-0.15, -0.1) is 0 Å². The fraction of sp³-hybridized carbons (Fsp3) is 0.217. The summed E-state index contributed by atoms with van der Waals surface area (Å²) in [6, 6.07) is 13.3. The molecule has 0 radical (unpaired) electrons. The van der Waals surface area contributed by atoms with Crippen LogP contribution in [-0.2, 0) is 16.1 Å². The number of rotatable bonds is 7. The number of carbonyl (C=O) groups excluding carboxylic acids is 2. The van der Waals surface area contributed by atoms with E-state index in [1.807, 2.05) is 51.1 Å². The van der Waals surface area contributed by atoms with Gasteiger partial charge in [-0.05, 0) is 68.8 Å². The maximum Gasteiger partial charge on any atom is 0.329 e. The van der Waals surface area contributed by atoms with Gasteiger partial charge in [0.2, 0.25) is 0 Å². The van der Waals surface area contributed by atoms with Gasteiger partial charge in [0, 0.05) is 41.6 Å². The second-order valence-corrected chi connectivity index (χ2v) is 6.83.